The molecule has 0 aliphatic carbocycles. The van der Waals surface area contributed by atoms with Crippen LogP contribution in [0.3, 0.4) is 0 Å². The lowest BCUT2D eigenvalue weighted by molar-refractivity contribution is 0.108. The van der Waals surface area contributed by atoms with E-state index in [2.05, 4.69) is 9.97 Å². The molecule has 104 valence electrons. The predicted molar refractivity (Wildman–Crippen MR) is 74.8 cm³/mol. The van der Waals surface area contributed by atoms with Crippen LogP contribution in [-0.4, -0.2) is 23.2 Å². The lowest BCUT2D eigenvalue weighted by Crippen LogP contribution is -2.24. The van der Waals surface area contributed by atoms with Crippen LogP contribution in [0.5, 0.6) is 5.75 Å². The summed E-state index contributed by atoms with van der Waals surface area (Å²) in [5.74, 6) is 1.28. The van der Waals surface area contributed by atoms with Crippen molar-refractivity contribution in [1.29, 1.82) is 0 Å². The molecule has 0 saturated carbocycles. The number of fused-ring (bicyclic) bond motifs is 1. The standard InChI is InChI=1S/C15H16N2O3/c1-2-20-13-6-4-3-5-10(13)14-16-12-7-8-19-9-11(12)15(18)17-14/h3-6H,2,7-9H2,1H3,(H,16,17,18). The number of rotatable bonds is 3. The van der Waals surface area contributed by atoms with Gasteiger partial charge in [0.2, 0.25) is 0 Å². The van der Waals surface area contributed by atoms with Crippen molar-refractivity contribution < 1.29 is 9.47 Å². The Labute approximate surface area is 116 Å². The van der Waals surface area contributed by atoms with Crippen LogP contribution in [0, 0.1) is 0 Å². The summed E-state index contributed by atoms with van der Waals surface area (Å²) in [5.41, 5.74) is 2.13. The molecule has 1 aliphatic heterocycles. The van der Waals surface area contributed by atoms with Gasteiger partial charge >= 0.3 is 0 Å². The van der Waals surface area contributed by atoms with Gasteiger partial charge in [0.1, 0.15) is 11.6 Å². The highest BCUT2D eigenvalue weighted by atomic mass is 16.5. The van der Waals surface area contributed by atoms with Crippen LogP contribution < -0.4 is 10.3 Å². The van der Waals surface area contributed by atoms with E-state index in [0.717, 1.165) is 17.0 Å². The summed E-state index contributed by atoms with van der Waals surface area (Å²) in [6.07, 6.45) is 0.670. The van der Waals surface area contributed by atoms with Gasteiger partial charge < -0.3 is 14.5 Å². The molecule has 0 bridgehead atoms. The summed E-state index contributed by atoms with van der Waals surface area (Å²) in [6, 6.07) is 7.58. The quantitative estimate of drug-likeness (QED) is 0.927. The zero-order valence-corrected chi connectivity index (χ0v) is 11.3. The highest BCUT2D eigenvalue weighted by molar-refractivity contribution is 5.64. The number of ether oxygens (including phenoxy) is 2. The molecule has 3 rings (SSSR count). The minimum absolute atomic E-state index is 0.129. The molecule has 1 aromatic heterocycles. The molecule has 5 heteroatoms. The summed E-state index contributed by atoms with van der Waals surface area (Å²) in [7, 11) is 0. The van der Waals surface area contributed by atoms with Crippen molar-refractivity contribution in [3.8, 4) is 17.1 Å². The summed E-state index contributed by atoms with van der Waals surface area (Å²) < 4.78 is 10.9. The Morgan fingerprint density at radius 2 is 2.25 bits per heavy atom. The van der Waals surface area contributed by atoms with Crippen LogP contribution in [0.1, 0.15) is 18.2 Å². The fourth-order valence-corrected chi connectivity index (χ4v) is 2.31. The first-order chi connectivity index (χ1) is 9.79. The Morgan fingerprint density at radius 3 is 3.10 bits per heavy atom. The van der Waals surface area contributed by atoms with Crippen LogP contribution in [0.25, 0.3) is 11.4 Å². The summed E-state index contributed by atoms with van der Waals surface area (Å²) in [4.78, 5) is 19.5. The zero-order valence-electron chi connectivity index (χ0n) is 11.3. The molecule has 0 spiro atoms. The molecule has 5 nitrogen and oxygen atoms in total. The number of H-pyrrole nitrogens is 1. The van der Waals surface area contributed by atoms with Gasteiger partial charge in [0, 0.05) is 6.42 Å². The molecule has 0 radical (unpaired) electrons. The smallest absolute Gasteiger partial charge is 0.256 e. The Morgan fingerprint density at radius 1 is 1.40 bits per heavy atom. The van der Waals surface area contributed by atoms with Gasteiger partial charge in [-0.1, -0.05) is 12.1 Å². The lowest BCUT2D eigenvalue weighted by atomic mass is 10.1. The highest BCUT2D eigenvalue weighted by Crippen LogP contribution is 2.27. The Balaban J connectivity index is 2.11. The molecule has 20 heavy (non-hydrogen) atoms. The normalized spacial score (nSPS) is 13.8. The second kappa shape index (κ2) is 5.46. The number of para-hydroxylation sites is 1. The molecule has 0 unspecified atom stereocenters. The third kappa shape index (κ3) is 2.32. The van der Waals surface area contributed by atoms with Gasteiger partial charge in [0.25, 0.3) is 5.56 Å². The van der Waals surface area contributed by atoms with E-state index in [4.69, 9.17) is 9.47 Å². The number of nitrogens with zero attached hydrogens (tertiary/aromatic N) is 1. The van der Waals surface area contributed by atoms with E-state index in [9.17, 15) is 4.79 Å². The fourth-order valence-electron chi connectivity index (χ4n) is 2.31. The summed E-state index contributed by atoms with van der Waals surface area (Å²) in [5, 5.41) is 0. The molecule has 2 aromatic rings. The minimum atomic E-state index is -0.129. The summed E-state index contributed by atoms with van der Waals surface area (Å²) >= 11 is 0. The first kappa shape index (κ1) is 12.9. The van der Waals surface area contributed by atoms with Crippen molar-refractivity contribution in [2.75, 3.05) is 13.2 Å². The maximum atomic E-state index is 12.1. The minimum Gasteiger partial charge on any atom is -0.493 e. The second-order valence-corrected chi connectivity index (χ2v) is 4.57. The maximum Gasteiger partial charge on any atom is 0.256 e. The van der Waals surface area contributed by atoms with Crippen molar-refractivity contribution in [1.82, 2.24) is 9.97 Å². The molecule has 1 N–H and O–H groups in total. The van der Waals surface area contributed by atoms with E-state index in [0.29, 0.717) is 37.6 Å². The van der Waals surface area contributed by atoms with Gasteiger partial charge in [-0.15, -0.1) is 0 Å². The summed E-state index contributed by atoms with van der Waals surface area (Å²) in [6.45, 7) is 3.44. The molecule has 0 atom stereocenters. The third-order valence-corrected chi connectivity index (χ3v) is 3.27. The monoisotopic (exact) mass is 272 g/mol. The molecule has 1 aliphatic rings. The van der Waals surface area contributed by atoms with Gasteiger partial charge in [0.05, 0.1) is 36.6 Å². The van der Waals surface area contributed by atoms with Crippen molar-refractivity contribution >= 4 is 0 Å². The van der Waals surface area contributed by atoms with E-state index in [1.165, 1.54) is 0 Å². The molecule has 1 aromatic carbocycles. The molecule has 0 saturated heterocycles. The van der Waals surface area contributed by atoms with Crippen LogP contribution in [-0.2, 0) is 17.8 Å². The van der Waals surface area contributed by atoms with E-state index in [1.54, 1.807) is 0 Å². The Bertz CT molecular complexity index is 679. The van der Waals surface area contributed by atoms with Crippen LogP contribution in [0.15, 0.2) is 29.1 Å². The van der Waals surface area contributed by atoms with Crippen LogP contribution >= 0.6 is 0 Å². The molecular formula is C15H16N2O3. The number of nitrogens with one attached hydrogen (secondary N) is 1. The number of benzene rings is 1. The maximum absolute atomic E-state index is 12.1. The van der Waals surface area contributed by atoms with Gasteiger partial charge in [-0.05, 0) is 19.1 Å². The first-order valence-electron chi connectivity index (χ1n) is 6.71. The van der Waals surface area contributed by atoms with Gasteiger partial charge in [-0.3, -0.25) is 4.79 Å². The topological polar surface area (TPSA) is 64.2 Å². The van der Waals surface area contributed by atoms with E-state index >= 15 is 0 Å². The average molecular weight is 272 g/mol. The van der Waals surface area contributed by atoms with E-state index in [-0.39, 0.29) is 5.56 Å². The average Bonchev–Trinajstić information content (AvgIpc) is 2.48. The van der Waals surface area contributed by atoms with Crippen molar-refractivity contribution in [2.45, 2.75) is 20.0 Å². The molecule has 2 heterocycles. The van der Waals surface area contributed by atoms with E-state index < -0.39 is 0 Å². The lowest BCUT2D eigenvalue weighted by Gasteiger charge is -2.16. The number of aromatic nitrogens is 2. The number of hydrogen-bond acceptors (Lipinski definition) is 4. The van der Waals surface area contributed by atoms with Crippen molar-refractivity contribution in [2.24, 2.45) is 0 Å². The van der Waals surface area contributed by atoms with Crippen molar-refractivity contribution in [3.05, 3.63) is 45.9 Å². The van der Waals surface area contributed by atoms with Gasteiger partial charge in [-0.25, -0.2) is 4.98 Å². The van der Waals surface area contributed by atoms with Crippen LogP contribution in [0.2, 0.25) is 0 Å². The SMILES string of the molecule is CCOc1ccccc1-c1nc2c(c(=O)[nH]1)COCC2. The molecular weight excluding hydrogens is 256 g/mol. The first-order valence-corrected chi connectivity index (χ1v) is 6.71. The Hall–Kier alpha value is -2.14. The van der Waals surface area contributed by atoms with Gasteiger partial charge in [-0.2, -0.15) is 0 Å². The molecule has 0 amide bonds. The van der Waals surface area contributed by atoms with E-state index in [1.807, 2.05) is 31.2 Å². The van der Waals surface area contributed by atoms with Crippen LogP contribution in [0.4, 0.5) is 0 Å². The predicted octanol–water partition coefficient (Wildman–Crippen LogP) is 1.91. The van der Waals surface area contributed by atoms with Crippen molar-refractivity contribution in [3.63, 3.8) is 0 Å². The highest BCUT2D eigenvalue weighted by Gasteiger charge is 2.17. The molecule has 0 fully saturated rings. The fraction of sp³-hybridized carbons (Fsp3) is 0.333. The largest absolute Gasteiger partial charge is 0.493 e. The zero-order chi connectivity index (χ0) is 13.9. The third-order valence-electron chi connectivity index (χ3n) is 3.27. The number of hydrogen-bond donors (Lipinski definition) is 1. The second-order valence-electron chi connectivity index (χ2n) is 4.57. The van der Waals surface area contributed by atoms with Gasteiger partial charge in [0.15, 0.2) is 0 Å². The number of aromatic amines is 1. The Kier molecular flexibility index (Phi) is 3.52.